The lowest BCUT2D eigenvalue weighted by molar-refractivity contribution is 0.0787. The predicted molar refractivity (Wildman–Crippen MR) is 93.7 cm³/mol. The minimum atomic E-state index is 0.00158. The number of thiazole rings is 1. The van der Waals surface area contributed by atoms with Gasteiger partial charge in [0.15, 0.2) is 0 Å². The summed E-state index contributed by atoms with van der Waals surface area (Å²) in [5.74, 6) is 0.00158. The lowest BCUT2D eigenvalue weighted by Crippen LogP contribution is -2.25. The molecule has 0 fully saturated rings. The Kier molecular flexibility index (Phi) is 3.35. The minimum Gasteiger partial charge on any atom is -0.360 e. The van der Waals surface area contributed by atoms with Gasteiger partial charge in [0, 0.05) is 24.1 Å². The molecule has 0 bridgehead atoms. The third kappa shape index (κ3) is 2.49. The van der Waals surface area contributed by atoms with E-state index in [1.54, 1.807) is 22.4 Å². The largest absolute Gasteiger partial charge is 0.360 e. The number of para-hydroxylation sites is 2. The average molecular weight is 321 g/mol. The van der Waals surface area contributed by atoms with Crippen LogP contribution in [0.1, 0.15) is 15.4 Å². The van der Waals surface area contributed by atoms with E-state index in [0.717, 1.165) is 26.1 Å². The van der Waals surface area contributed by atoms with Crippen LogP contribution in [0.4, 0.5) is 0 Å². The number of aromatic nitrogens is 2. The van der Waals surface area contributed by atoms with Gasteiger partial charge in [0.25, 0.3) is 5.91 Å². The summed E-state index contributed by atoms with van der Waals surface area (Å²) in [5.41, 5.74) is 2.66. The molecule has 0 atom stereocenters. The van der Waals surface area contributed by atoms with Crippen molar-refractivity contribution in [3.8, 4) is 0 Å². The molecular weight excluding hydrogens is 306 g/mol. The molecule has 0 spiro atoms. The molecule has 4 rings (SSSR count). The Balaban J connectivity index is 1.60. The maximum Gasteiger partial charge on any atom is 0.256 e. The summed E-state index contributed by atoms with van der Waals surface area (Å²) in [6.07, 6.45) is 1.78. The average Bonchev–Trinajstić information content (AvgIpc) is 3.17. The number of nitrogens with one attached hydrogen (secondary N) is 1. The van der Waals surface area contributed by atoms with E-state index in [1.165, 1.54) is 0 Å². The van der Waals surface area contributed by atoms with Gasteiger partial charge in [-0.3, -0.25) is 4.79 Å². The van der Waals surface area contributed by atoms with Crippen LogP contribution in [-0.2, 0) is 6.54 Å². The van der Waals surface area contributed by atoms with Crippen LogP contribution < -0.4 is 0 Å². The minimum absolute atomic E-state index is 0.00158. The van der Waals surface area contributed by atoms with Crippen LogP contribution in [0.5, 0.6) is 0 Å². The molecule has 0 saturated carbocycles. The third-order valence-electron chi connectivity index (χ3n) is 3.88. The maximum absolute atomic E-state index is 12.7. The highest BCUT2D eigenvalue weighted by molar-refractivity contribution is 7.18. The standard InChI is InChI=1S/C18H15N3OS/c1-21(11-17-20-15-8-4-5-9-16(15)23-17)18(22)13-10-19-14-7-3-2-6-12(13)14/h2-10,19H,11H2,1H3. The zero-order valence-electron chi connectivity index (χ0n) is 12.6. The van der Waals surface area contributed by atoms with Crippen LogP contribution in [0.3, 0.4) is 0 Å². The first-order valence-corrected chi connectivity index (χ1v) is 8.20. The van der Waals surface area contributed by atoms with E-state index in [9.17, 15) is 4.79 Å². The first kappa shape index (κ1) is 14.0. The molecule has 0 aliphatic rings. The number of hydrogen-bond donors (Lipinski definition) is 1. The highest BCUT2D eigenvalue weighted by Gasteiger charge is 2.17. The SMILES string of the molecule is CN(Cc1nc2ccccc2s1)C(=O)c1c[nH]c2ccccc12. The van der Waals surface area contributed by atoms with Crippen LogP contribution in [0, 0.1) is 0 Å². The topological polar surface area (TPSA) is 49.0 Å². The summed E-state index contributed by atoms with van der Waals surface area (Å²) in [6, 6.07) is 15.9. The predicted octanol–water partition coefficient (Wildman–Crippen LogP) is 4.05. The molecule has 0 aliphatic carbocycles. The molecule has 2 aromatic heterocycles. The fourth-order valence-corrected chi connectivity index (χ4v) is 3.74. The first-order chi connectivity index (χ1) is 11.2. The number of carbonyl (C=O) groups excluding carboxylic acids is 1. The molecule has 23 heavy (non-hydrogen) atoms. The lowest BCUT2D eigenvalue weighted by atomic mass is 10.1. The number of nitrogens with zero attached hydrogens (tertiary/aromatic N) is 2. The van der Waals surface area contributed by atoms with E-state index in [1.807, 2.05) is 49.5 Å². The smallest absolute Gasteiger partial charge is 0.256 e. The maximum atomic E-state index is 12.7. The Bertz CT molecular complexity index is 969. The zero-order chi connectivity index (χ0) is 15.8. The molecule has 4 aromatic rings. The van der Waals surface area contributed by atoms with Crippen molar-refractivity contribution in [1.82, 2.24) is 14.9 Å². The molecule has 1 amide bonds. The lowest BCUT2D eigenvalue weighted by Gasteiger charge is -2.15. The van der Waals surface area contributed by atoms with Crippen LogP contribution in [-0.4, -0.2) is 27.8 Å². The molecule has 0 unspecified atom stereocenters. The van der Waals surface area contributed by atoms with Crippen LogP contribution in [0.15, 0.2) is 54.7 Å². The van der Waals surface area contributed by atoms with Gasteiger partial charge >= 0.3 is 0 Å². The normalized spacial score (nSPS) is 11.2. The Labute approximate surface area is 137 Å². The van der Waals surface area contributed by atoms with Crippen LogP contribution >= 0.6 is 11.3 Å². The Hall–Kier alpha value is -2.66. The monoisotopic (exact) mass is 321 g/mol. The molecule has 2 heterocycles. The Morgan fingerprint density at radius 2 is 1.96 bits per heavy atom. The summed E-state index contributed by atoms with van der Waals surface area (Å²) in [7, 11) is 1.82. The van der Waals surface area contributed by atoms with Gasteiger partial charge < -0.3 is 9.88 Å². The molecule has 2 aromatic carbocycles. The molecule has 0 saturated heterocycles. The molecular formula is C18H15N3OS. The number of aromatic amines is 1. The van der Waals surface area contributed by atoms with Crippen molar-refractivity contribution in [1.29, 1.82) is 0 Å². The van der Waals surface area contributed by atoms with Crippen molar-refractivity contribution in [2.75, 3.05) is 7.05 Å². The van der Waals surface area contributed by atoms with Gasteiger partial charge in [-0.2, -0.15) is 0 Å². The van der Waals surface area contributed by atoms with Crippen molar-refractivity contribution in [3.63, 3.8) is 0 Å². The zero-order valence-corrected chi connectivity index (χ0v) is 13.4. The van der Waals surface area contributed by atoms with E-state index < -0.39 is 0 Å². The number of H-pyrrole nitrogens is 1. The van der Waals surface area contributed by atoms with Gasteiger partial charge in [-0.25, -0.2) is 4.98 Å². The highest BCUT2D eigenvalue weighted by atomic mass is 32.1. The van der Waals surface area contributed by atoms with Gasteiger partial charge in [0.2, 0.25) is 0 Å². The molecule has 5 heteroatoms. The van der Waals surface area contributed by atoms with Gasteiger partial charge in [-0.1, -0.05) is 30.3 Å². The fraction of sp³-hybridized carbons (Fsp3) is 0.111. The molecule has 114 valence electrons. The number of amides is 1. The van der Waals surface area contributed by atoms with E-state index in [0.29, 0.717) is 12.1 Å². The summed E-state index contributed by atoms with van der Waals surface area (Å²) in [6.45, 7) is 0.512. The van der Waals surface area contributed by atoms with Crippen LogP contribution in [0.25, 0.3) is 21.1 Å². The quantitative estimate of drug-likeness (QED) is 0.619. The fourth-order valence-electron chi connectivity index (χ4n) is 2.72. The second kappa shape index (κ2) is 5.52. The highest BCUT2D eigenvalue weighted by Crippen LogP contribution is 2.24. The summed E-state index contributed by atoms with van der Waals surface area (Å²) >= 11 is 1.63. The second-order valence-electron chi connectivity index (χ2n) is 5.48. The number of benzene rings is 2. The van der Waals surface area contributed by atoms with Crippen molar-refractivity contribution >= 4 is 38.4 Å². The van der Waals surface area contributed by atoms with E-state index >= 15 is 0 Å². The van der Waals surface area contributed by atoms with Gasteiger partial charge in [0.05, 0.1) is 22.3 Å². The molecule has 4 nitrogen and oxygen atoms in total. The number of rotatable bonds is 3. The van der Waals surface area contributed by atoms with Crippen LogP contribution in [0.2, 0.25) is 0 Å². The van der Waals surface area contributed by atoms with Crippen molar-refractivity contribution < 1.29 is 4.79 Å². The van der Waals surface area contributed by atoms with E-state index in [4.69, 9.17) is 0 Å². The van der Waals surface area contributed by atoms with Crippen molar-refractivity contribution in [2.24, 2.45) is 0 Å². The van der Waals surface area contributed by atoms with Crippen molar-refractivity contribution in [3.05, 3.63) is 65.3 Å². The van der Waals surface area contributed by atoms with E-state index in [-0.39, 0.29) is 5.91 Å². The summed E-state index contributed by atoms with van der Waals surface area (Å²) in [4.78, 5) is 22.2. The van der Waals surface area contributed by atoms with E-state index in [2.05, 4.69) is 16.0 Å². The molecule has 0 aliphatic heterocycles. The second-order valence-corrected chi connectivity index (χ2v) is 6.60. The summed E-state index contributed by atoms with van der Waals surface area (Å²) < 4.78 is 1.15. The Morgan fingerprint density at radius 3 is 2.83 bits per heavy atom. The number of hydrogen-bond acceptors (Lipinski definition) is 3. The van der Waals surface area contributed by atoms with Gasteiger partial charge in [0.1, 0.15) is 5.01 Å². The van der Waals surface area contributed by atoms with Gasteiger partial charge in [-0.05, 0) is 18.2 Å². The number of carbonyl (C=O) groups is 1. The molecule has 1 N–H and O–H groups in total. The number of fused-ring (bicyclic) bond motifs is 2. The molecule has 0 radical (unpaired) electrons. The Morgan fingerprint density at radius 1 is 1.17 bits per heavy atom. The summed E-state index contributed by atoms with van der Waals surface area (Å²) in [5, 5.41) is 1.90. The van der Waals surface area contributed by atoms with Crippen molar-refractivity contribution in [2.45, 2.75) is 6.54 Å². The van der Waals surface area contributed by atoms with Gasteiger partial charge in [-0.15, -0.1) is 11.3 Å². The first-order valence-electron chi connectivity index (χ1n) is 7.38. The third-order valence-corrected chi connectivity index (χ3v) is 4.90.